The molecule has 1 aliphatic carbocycles. The molecule has 0 spiro atoms. The van der Waals surface area contributed by atoms with E-state index in [2.05, 4.69) is 10.1 Å². The van der Waals surface area contributed by atoms with E-state index in [1.807, 2.05) is 0 Å². The number of rotatable bonds is 6. The van der Waals surface area contributed by atoms with Crippen LogP contribution < -0.4 is 11.2 Å². The van der Waals surface area contributed by atoms with Gasteiger partial charge < -0.3 is 4.98 Å². The standard InChI is InChI=1S/C18H19FN4O4S/c1-22-8-12(7-20-22)9-23-16(24)14-6-13(2-3-15(14)21-17(23)25)28(26,27)11-18(10-19)4-5-18/h2-3,6-8H,4-5,9-11H2,1H3,(H,21,25). The van der Waals surface area contributed by atoms with E-state index in [1.54, 1.807) is 24.1 Å². The van der Waals surface area contributed by atoms with Crippen LogP contribution in [0.2, 0.25) is 0 Å². The molecule has 1 saturated carbocycles. The molecule has 0 amide bonds. The summed E-state index contributed by atoms with van der Waals surface area (Å²) in [5.74, 6) is -0.283. The smallest absolute Gasteiger partial charge is 0.307 e. The number of fused-ring (bicyclic) bond motifs is 1. The summed E-state index contributed by atoms with van der Waals surface area (Å²) >= 11 is 0. The van der Waals surface area contributed by atoms with Crippen molar-refractivity contribution < 1.29 is 12.8 Å². The van der Waals surface area contributed by atoms with Crippen LogP contribution in [-0.4, -0.2) is 40.2 Å². The van der Waals surface area contributed by atoms with Crippen LogP contribution in [0, 0.1) is 5.41 Å². The lowest BCUT2D eigenvalue weighted by Crippen LogP contribution is -2.35. The second kappa shape index (κ2) is 6.40. The highest BCUT2D eigenvalue weighted by molar-refractivity contribution is 7.91. The lowest BCUT2D eigenvalue weighted by molar-refractivity contribution is 0.367. The van der Waals surface area contributed by atoms with Crippen molar-refractivity contribution in [3.05, 3.63) is 57.0 Å². The number of nitrogens with one attached hydrogen (secondary N) is 1. The molecule has 1 aromatic carbocycles. The lowest BCUT2D eigenvalue weighted by Gasteiger charge is -2.12. The van der Waals surface area contributed by atoms with E-state index in [9.17, 15) is 22.4 Å². The largest absolute Gasteiger partial charge is 0.329 e. The van der Waals surface area contributed by atoms with E-state index in [1.165, 1.54) is 18.2 Å². The van der Waals surface area contributed by atoms with Crippen LogP contribution in [0.25, 0.3) is 10.9 Å². The number of benzene rings is 1. The molecule has 0 aliphatic heterocycles. The predicted molar refractivity (Wildman–Crippen MR) is 101 cm³/mol. The van der Waals surface area contributed by atoms with Gasteiger partial charge in [0, 0.05) is 24.2 Å². The molecule has 0 unspecified atom stereocenters. The van der Waals surface area contributed by atoms with Gasteiger partial charge in [0.15, 0.2) is 9.84 Å². The van der Waals surface area contributed by atoms with Crippen molar-refractivity contribution in [2.75, 3.05) is 12.4 Å². The summed E-state index contributed by atoms with van der Waals surface area (Å²) in [6.45, 7) is -0.662. The van der Waals surface area contributed by atoms with Crippen LogP contribution in [0.4, 0.5) is 4.39 Å². The van der Waals surface area contributed by atoms with Gasteiger partial charge in [-0.2, -0.15) is 5.10 Å². The third-order valence-electron chi connectivity index (χ3n) is 5.15. The molecule has 8 nitrogen and oxygen atoms in total. The van der Waals surface area contributed by atoms with Gasteiger partial charge in [0.2, 0.25) is 0 Å². The number of hydrogen-bond donors (Lipinski definition) is 1. The monoisotopic (exact) mass is 406 g/mol. The first-order valence-electron chi connectivity index (χ1n) is 8.76. The SMILES string of the molecule is Cn1cc(Cn2c(=O)[nH]c3ccc(S(=O)(=O)CC4(CF)CC4)cc3c2=O)cn1. The summed E-state index contributed by atoms with van der Waals surface area (Å²) in [7, 11) is -2.03. The summed E-state index contributed by atoms with van der Waals surface area (Å²) in [6.07, 6.45) is 4.31. The third-order valence-corrected chi connectivity index (χ3v) is 7.11. The van der Waals surface area contributed by atoms with Gasteiger partial charge in [-0.1, -0.05) is 0 Å². The van der Waals surface area contributed by atoms with Crippen molar-refractivity contribution in [3.63, 3.8) is 0 Å². The zero-order valence-corrected chi connectivity index (χ0v) is 16.0. The molecule has 2 heterocycles. The van der Waals surface area contributed by atoms with E-state index < -0.39 is 33.2 Å². The van der Waals surface area contributed by atoms with E-state index >= 15 is 0 Å². The van der Waals surface area contributed by atoms with Crippen molar-refractivity contribution in [1.82, 2.24) is 19.3 Å². The Bertz CT molecular complexity index is 1280. The van der Waals surface area contributed by atoms with Gasteiger partial charge in [0.1, 0.15) is 0 Å². The number of nitrogens with zero attached hydrogens (tertiary/aromatic N) is 3. The molecule has 2 aromatic heterocycles. The third kappa shape index (κ3) is 3.28. The second-order valence-electron chi connectivity index (χ2n) is 7.44. The molecule has 0 bridgehead atoms. The minimum atomic E-state index is -3.75. The topological polar surface area (TPSA) is 107 Å². The minimum Gasteiger partial charge on any atom is -0.307 e. The van der Waals surface area contributed by atoms with Gasteiger partial charge in [-0.3, -0.25) is 18.4 Å². The van der Waals surface area contributed by atoms with E-state index in [0.717, 1.165) is 4.57 Å². The van der Waals surface area contributed by atoms with Crippen molar-refractivity contribution in [1.29, 1.82) is 0 Å². The van der Waals surface area contributed by atoms with Gasteiger partial charge in [-0.05, 0) is 31.0 Å². The Morgan fingerprint density at radius 1 is 1.29 bits per heavy atom. The molecule has 0 radical (unpaired) electrons. The first kappa shape index (κ1) is 18.6. The molecule has 10 heteroatoms. The van der Waals surface area contributed by atoms with Crippen LogP contribution >= 0.6 is 0 Å². The minimum absolute atomic E-state index is 0.0138. The molecule has 4 rings (SSSR count). The Balaban J connectivity index is 1.78. The molecule has 3 aromatic rings. The van der Waals surface area contributed by atoms with Crippen LogP contribution in [0.5, 0.6) is 0 Å². The number of hydrogen-bond acceptors (Lipinski definition) is 5. The van der Waals surface area contributed by atoms with Crippen LogP contribution in [0.3, 0.4) is 0 Å². The zero-order chi connectivity index (χ0) is 20.1. The Kier molecular flexibility index (Phi) is 4.25. The maximum absolute atomic E-state index is 13.1. The van der Waals surface area contributed by atoms with E-state index in [-0.39, 0.29) is 28.1 Å². The van der Waals surface area contributed by atoms with Gasteiger partial charge in [0.05, 0.1) is 41.0 Å². The molecule has 28 heavy (non-hydrogen) atoms. The molecule has 0 saturated heterocycles. The van der Waals surface area contributed by atoms with Gasteiger partial charge in [-0.25, -0.2) is 13.2 Å². The van der Waals surface area contributed by atoms with E-state index in [4.69, 9.17) is 0 Å². The number of aryl methyl sites for hydroxylation is 1. The number of aromatic nitrogens is 4. The van der Waals surface area contributed by atoms with Gasteiger partial charge >= 0.3 is 5.69 Å². The number of halogens is 1. The second-order valence-corrected chi connectivity index (χ2v) is 9.43. The molecule has 0 atom stereocenters. The van der Waals surface area contributed by atoms with Crippen molar-refractivity contribution in [2.45, 2.75) is 24.3 Å². The van der Waals surface area contributed by atoms with Crippen molar-refractivity contribution >= 4 is 20.7 Å². The highest BCUT2D eigenvalue weighted by Gasteiger charge is 2.46. The Morgan fingerprint density at radius 3 is 2.64 bits per heavy atom. The number of alkyl halides is 1. The predicted octanol–water partition coefficient (Wildman–Crippen LogP) is 0.995. The Hall–Kier alpha value is -2.75. The zero-order valence-electron chi connectivity index (χ0n) is 15.2. The molecular weight excluding hydrogens is 387 g/mol. The molecule has 1 aliphatic rings. The van der Waals surface area contributed by atoms with Crippen LogP contribution in [-0.2, 0) is 23.4 Å². The van der Waals surface area contributed by atoms with Crippen LogP contribution in [0.1, 0.15) is 18.4 Å². The fraction of sp³-hybridized carbons (Fsp3) is 0.389. The number of aromatic amines is 1. The average molecular weight is 406 g/mol. The summed E-state index contributed by atoms with van der Waals surface area (Å²) < 4.78 is 41.1. The lowest BCUT2D eigenvalue weighted by atomic mass is 10.2. The fourth-order valence-electron chi connectivity index (χ4n) is 3.28. The summed E-state index contributed by atoms with van der Waals surface area (Å²) in [5.41, 5.74) is -1.06. The molecule has 1 fully saturated rings. The van der Waals surface area contributed by atoms with Gasteiger partial charge in [0.25, 0.3) is 5.56 Å². The first-order valence-corrected chi connectivity index (χ1v) is 10.4. The highest BCUT2D eigenvalue weighted by atomic mass is 32.2. The highest BCUT2D eigenvalue weighted by Crippen LogP contribution is 2.47. The average Bonchev–Trinajstić information content (AvgIpc) is 3.29. The van der Waals surface area contributed by atoms with E-state index in [0.29, 0.717) is 18.4 Å². The molecular formula is C18H19FN4O4S. The molecule has 148 valence electrons. The molecule has 1 N–H and O–H groups in total. The maximum Gasteiger partial charge on any atom is 0.329 e. The maximum atomic E-state index is 13.1. The Morgan fingerprint density at radius 2 is 2.04 bits per heavy atom. The first-order chi connectivity index (χ1) is 13.2. The van der Waals surface area contributed by atoms with Crippen LogP contribution in [0.15, 0.2) is 45.1 Å². The quantitative estimate of drug-likeness (QED) is 0.657. The van der Waals surface area contributed by atoms with Gasteiger partial charge in [-0.15, -0.1) is 0 Å². The Labute approximate surface area is 159 Å². The summed E-state index contributed by atoms with van der Waals surface area (Å²) in [5, 5.41) is 4.10. The number of sulfone groups is 1. The number of H-pyrrole nitrogens is 1. The normalized spacial score (nSPS) is 15.8. The van der Waals surface area contributed by atoms with Crippen molar-refractivity contribution in [3.8, 4) is 0 Å². The van der Waals surface area contributed by atoms with Crippen molar-refractivity contribution in [2.24, 2.45) is 12.5 Å². The fourth-order valence-corrected chi connectivity index (χ4v) is 5.19. The summed E-state index contributed by atoms with van der Waals surface area (Å²) in [4.78, 5) is 27.7. The summed E-state index contributed by atoms with van der Waals surface area (Å²) in [6, 6.07) is 4.00.